The van der Waals surface area contributed by atoms with Crippen molar-refractivity contribution in [2.75, 3.05) is 7.11 Å². The van der Waals surface area contributed by atoms with Gasteiger partial charge >= 0.3 is 0 Å². The molecule has 1 unspecified atom stereocenters. The van der Waals surface area contributed by atoms with Gasteiger partial charge in [-0.3, -0.25) is 4.79 Å². The number of nitrogens with one attached hydrogen (secondary N) is 1. The molecule has 30 heavy (non-hydrogen) atoms. The van der Waals surface area contributed by atoms with Crippen molar-refractivity contribution in [3.05, 3.63) is 54.4 Å². The topological polar surface area (TPSA) is 59.9 Å². The molecule has 0 bridgehead atoms. The average Bonchev–Trinajstić information content (AvgIpc) is 3.05. The zero-order chi connectivity index (χ0) is 21.8. The second-order valence-corrected chi connectivity index (χ2v) is 9.40. The maximum atomic E-state index is 12.4. The maximum Gasteiger partial charge on any atom is 0.264 e. The summed E-state index contributed by atoms with van der Waals surface area (Å²) in [6, 6.07) is 8.97. The summed E-state index contributed by atoms with van der Waals surface area (Å²) < 4.78 is 12.4. The highest BCUT2D eigenvalue weighted by Crippen LogP contribution is 2.38. The third-order valence-corrected chi connectivity index (χ3v) is 6.77. The van der Waals surface area contributed by atoms with Gasteiger partial charge < -0.3 is 14.8 Å². The van der Waals surface area contributed by atoms with E-state index in [1.807, 2.05) is 19.1 Å². The molecule has 158 valence electrons. The number of hydrogen-bond donors (Lipinski definition) is 1. The number of rotatable bonds is 6. The lowest BCUT2D eigenvalue weighted by Crippen LogP contribution is -2.19. The molecule has 9 heteroatoms. The molecule has 0 radical (unpaired) electrons. The third-order valence-electron chi connectivity index (χ3n) is 4.25. The third kappa shape index (κ3) is 5.43. The highest BCUT2D eigenvalue weighted by molar-refractivity contribution is 14.1. The first-order valence-corrected chi connectivity index (χ1v) is 11.7. The van der Waals surface area contributed by atoms with Gasteiger partial charge in [0.2, 0.25) is 0 Å². The number of methoxy groups -OCH3 is 1. The summed E-state index contributed by atoms with van der Waals surface area (Å²) in [5.41, 5.74) is 1.32. The van der Waals surface area contributed by atoms with Crippen molar-refractivity contribution in [2.45, 2.75) is 26.4 Å². The molecule has 1 fully saturated rings. The second kappa shape index (κ2) is 10.3. The van der Waals surface area contributed by atoms with Gasteiger partial charge in [-0.05, 0) is 83.6 Å². The molecule has 1 heterocycles. The van der Waals surface area contributed by atoms with E-state index in [-0.39, 0.29) is 12.0 Å². The first-order valence-electron chi connectivity index (χ1n) is 9.10. The summed E-state index contributed by atoms with van der Waals surface area (Å²) in [6.07, 6.45) is 2.75. The summed E-state index contributed by atoms with van der Waals surface area (Å²) in [7, 11) is 1.60. The molecule has 0 spiro atoms. The highest BCUT2D eigenvalue weighted by Gasteiger charge is 2.25. The van der Waals surface area contributed by atoms with Crippen molar-refractivity contribution >= 4 is 80.4 Å². The fourth-order valence-corrected chi connectivity index (χ4v) is 4.47. The zero-order valence-electron chi connectivity index (χ0n) is 16.5. The molecule has 1 amide bonds. The number of amidine groups is 1. The molecule has 1 saturated heterocycles. The fourth-order valence-electron chi connectivity index (χ4n) is 2.54. The molecule has 1 aliphatic rings. The van der Waals surface area contributed by atoms with E-state index in [1.54, 1.807) is 31.4 Å². The van der Waals surface area contributed by atoms with Crippen LogP contribution in [0.25, 0.3) is 6.08 Å². The molecule has 0 aliphatic carbocycles. The van der Waals surface area contributed by atoms with Gasteiger partial charge in [0.05, 0.1) is 37.4 Å². The van der Waals surface area contributed by atoms with E-state index in [9.17, 15) is 4.79 Å². The average molecular weight is 577 g/mol. The van der Waals surface area contributed by atoms with Crippen molar-refractivity contribution in [1.29, 1.82) is 0 Å². The number of halogens is 3. The van der Waals surface area contributed by atoms with Gasteiger partial charge in [0.15, 0.2) is 16.7 Å². The molecule has 1 atom stereocenters. The van der Waals surface area contributed by atoms with E-state index < -0.39 is 0 Å². The van der Waals surface area contributed by atoms with Crippen LogP contribution in [0, 0.1) is 3.57 Å². The van der Waals surface area contributed by atoms with E-state index in [0.29, 0.717) is 37.3 Å². The predicted molar refractivity (Wildman–Crippen MR) is 133 cm³/mol. The molecule has 3 rings (SSSR count). The van der Waals surface area contributed by atoms with Gasteiger partial charge in [0, 0.05) is 0 Å². The molecule has 5 nitrogen and oxygen atoms in total. The van der Waals surface area contributed by atoms with Crippen LogP contribution in [0.5, 0.6) is 11.5 Å². The number of ether oxygens (including phenoxy) is 2. The van der Waals surface area contributed by atoms with Crippen molar-refractivity contribution in [3.63, 3.8) is 0 Å². The monoisotopic (exact) mass is 576 g/mol. The summed E-state index contributed by atoms with van der Waals surface area (Å²) in [4.78, 5) is 17.4. The van der Waals surface area contributed by atoms with E-state index >= 15 is 0 Å². The van der Waals surface area contributed by atoms with Crippen LogP contribution in [0.2, 0.25) is 10.0 Å². The normalized spacial score (nSPS) is 17.3. The molecule has 0 saturated carbocycles. The fraction of sp³-hybridized carbons (Fsp3) is 0.238. The van der Waals surface area contributed by atoms with Gasteiger partial charge in [0.25, 0.3) is 5.91 Å². The second-order valence-electron chi connectivity index (χ2n) is 6.43. The van der Waals surface area contributed by atoms with E-state index in [2.05, 4.69) is 39.8 Å². The van der Waals surface area contributed by atoms with E-state index in [0.717, 1.165) is 15.6 Å². The Labute approximate surface area is 203 Å². The lowest BCUT2D eigenvalue weighted by atomic mass is 10.2. The Bertz CT molecular complexity index is 1040. The molecule has 2 aromatic rings. The number of hydrogen-bond acceptors (Lipinski definition) is 5. The first kappa shape index (κ1) is 23.2. The van der Waals surface area contributed by atoms with Crippen LogP contribution in [0.1, 0.15) is 25.8 Å². The van der Waals surface area contributed by atoms with Gasteiger partial charge in [-0.25, -0.2) is 4.99 Å². The Morgan fingerprint density at radius 3 is 2.80 bits per heavy atom. The Morgan fingerprint density at radius 2 is 2.10 bits per heavy atom. The number of carbonyl (C=O) groups is 1. The standard InChI is InChI=1S/C21H19Cl2IN2O3S/c1-4-11(2)29-19-14(24)8-12(9-16(19)28-3)10-17-20(27)26-21(30-17)25-15-7-5-6-13(22)18(15)23/h5-11H,4H2,1-3H3,(H,25,26,27). The molecule has 1 N–H and O–H groups in total. The minimum absolute atomic E-state index is 0.0740. The number of thioether (sulfide) groups is 1. The summed E-state index contributed by atoms with van der Waals surface area (Å²) in [5, 5.41) is 3.94. The lowest BCUT2D eigenvalue weighted by Gasteiger charge is -2.17. The van der Waals surface area contributed by atoms with Crippen LogP contribution < -0.4 is 14.8 Å². The van der Waals surface area contributed by atoms with Crippen molar-refractivity contribution in [1.82, 2.24) is 5.32 Å². The zero-order valence-corrected chi connectivity index (χ0v) is 20.9. The molecule has 0 aromatic heterocycles. The lowest BCUT2D eigenvalue weighted by molar-refractivity contribution is -0.115. The number of aliphatic imine (C=N–C) groups is 1. The molecular weight excluding hydrogens is 558 g/mol. The van der Waals surface area contributed by atoms with E-state index in [1.165, 1.54) is 11.8 Å². The van der Waals surface area contributed by atoms with Crippen LogP contribution in [0.15, 0.2) is 40.2 Å². The van der Waals surface area contributed by atoms with Gasteiger partial charge in [-0.2, -0.15) is 0 Å². The smallest absolute Gasteiger partial charge is 0.264 e. The number of benzene rings is 2. The largest absolute Gasteiger partial charge is 0.493 e. The van der Waals surface area contributed by atoms with Crippen molar-refractivity contribution < 1.29 is 14.3 Å². The minimum atomic E-state index is -0.231. The SMILES string of the molecule is CCC(C)Oc1c(I)cc(C=C2SC(=Nc3cccc(Cl)c3Cl)NC2=O)cc1OC. The summed E-state index contributed by atoms with van der Waals surface area (Å²) in [6.45, 7) is 4.08. The van der Waals surface area contributed by atoms with Crippen LogP contribution in [0.3, 0.4) is 0 Å². The van der Waals surface area contributed by atoms with Gasteiger partial charge in [-0.1, -0.05) is 36.2 Å². The van der Waals surface area contributed by atoms with Crippen LogP contribution >= 0.6 is 57.6 Å². The Balaban J connectivity index is 1.88. The number of carbonyl (C=O) groups excluding carboxylic acids is 1. The number of amides is 1. The highest BCUT2D eigenvalue weighted by atomic mass is 127. The molecular formula is C21H19Cl2IN2O3S. The first-order chi connectivity index (χ1) is 14.3. The molecule has 1 aliphatic heterocycles. The minimum Gasteiger partial charge on any atom is -0.493 e. The quantitative estimate of drug-likeness (QED) is 0.308. The predicted octanol–water partition coefficient (Wildman–Crippen LogP) is 6.68. The van der Waals surface area contributed by atoms with Gasteiger partial charge in [0.1, 0.15) is 0 Å². The Kier molecular flexibility index (Phi) is 7.95. The Hall–Kier alpha value is -1.42. The van der Waals surface area contributed by atoms with Gasteiger partial charge in [-0.15, -0.1) is 0 Å². The van der Waals surface area contributed by atoms with E-state index in [4.69, 9.17) is 32.7 Å². The van der Waals surface area contributed by atoms with Crippen LogP contribution in [0.4, 0.5) is 5.69 Å². The van der Waals surface area contributed by atoms with Crippen molar-refractivity contribution in [2.24, 2.45) is 4.99 Å². The number of nitrogens with zero attached hydrogens (tertiary/aromatic N) is 1. The van der Waals surface area contributed by atoms with Crippen LogP contribution in [-0.2, 0) is 4.79 Å². The molecule has 2 aromatic carbocycles. The maximum absolute atomic E-state index is 12.4. The van der Waals surface area contributed by atoms with Crippen LogP contribution in [-0.4, -0.2) is 24.3 Å². The summed E-state index contributed by atoms with van der Waals surface area (Å²) >= 11 is 15.7. The van der Waals surface area contributed by atoms with Crippen molar-refractivity contribution in [3.8, 4) is 11.5 Å². The Morgan fingerprint density at radius 1 is 1.33 bits per heavy atom. The summed E-state index contributed by atoms with van der Waals surface area (Å²) in [5.74, 6) is 1.10.